The minimum Gasteiger partial charge on any atom is -0.372 e. The Kier molecular flexibility index (Phi) is 4.05. The van der Waals surface area contributed by atoms with Gasteiger partial charge >= 0.3 is 0 Å². The topological polar surface area (TPSA) is 45.0 Å². The van der Waals surface area contributed by atoms with Crippen molar-refractivity contribution in [3.63, 3.8) is 0 Å². The van der Waals surface area contributed by atoms with E-state index in [1.165, 1.54) is 32.1 Å². The van der Waals surface area contributed by atoms with Crippen LogP contribution in [0.4, 0.5) is 0 Å². The molecule has 20 heavy (non-hydrogen) atoms. The van der Waals surface area contributed by atoms with Gasteiger partial charge in [-0.2, -0.15) is 5.26 Å². The third-order valence-corrected chi connectivity index (χ3v) is 4.72. The number of ether oxygens (including phenoxy) is 1. The molecule has 1 atom stereocenters. The van der Waals surface area contributed by atoms with E-state index in [9.17, 15) is 0 Å². The summed E-state index contributed by atoms with van der Waals surface area (Å²) in [4.78, 5) is 0. The molecule has 3 rings (SSSR count). The van der Waals surface area contributed by atoms with Crippen molar-refractivity contribution in [1.29, 1.82) is 5.26 Å². The molecule has 1 saturated carbocycles. The summed E-state index contributed by atoms with van der Waals surface area (Å²) in [5.74, 6) is 0. The third kappa shape index (κ3) is 2.87. The lowest BCUT2D eigenvalue weighted by atomic mass is 9.74. The van der Waals surface area contributed by atoms with Crippen LogP contribution < -0.4 is 5.32 Å². The van der Waals surface area contributed by atoms with Crippen molar-refractivity contribution in [1.82, 2.24) is 5.32 Å². The maximum atomic E-state index is 9.01. The Bertz CT molecular complexity index is 500. The van der Waals surface area contributed by atoms with Crippen LogP contribution >= 0.6 is 0 Å². The largest absolute Gasteiger partial charge is 0.372 e. The van der Waals surface area contributed by atoms with Crippen LogP contribution in [0.15, 0.2) is 24.3 Å². The molecule has 1 unspecified atom stereocenters. The van der Waals surface area contributed by atoms with Crippen molar-refractivity contribution >= 4 is 0 Å². The third-order valence-electron chi connectivity index (χ3n) is 4.72. The Labute approximate surface area is 120 Å². The fraction of sp³-hybridized carbons (Fsp3) is 0.588. The van der Waals surface area contributed by atoms with E-state index in [2.05, 4.69) is 17.5 Å². The fourth-order valence-electron chi connectivity index (χ4n) is 3.50. The van der Waals surface area contributed by atoms with E-state index in [1.807, 2.05) is 18.2 Å². The molecule has 106 valence electrons. The SMILES string of the molecule is N#Cc1cccc(C2CNCC3(CCCCC3)CO2)c1. The Hall–Kier alpha value is -1.37. The second-order valence-corrected chi connectivity index (χ2v) is 6.23. The summed E-state index contributed by atoms with van der Waals surface area (Å²) >= 11 is 0. The van der Waals surface area contributed by atoms with Gasteiger partial charge in [-0.1, -0.05) is 31.4 Å². The molecule has 1 aromatic rings. The second-order valence-electron chi connectivity index (χ2n) is 6.23. The molecular formula is C17H22N2O. The number of hydrogen-bond acceptors (Lipinski definition) is 3. The van der Waals surface area contributed by atoms with E-state index in [4.69, 9.17) is 10.00 Å². The smallest absolute Gasteiger partial charge is 0.0991 e. The predicted octanol–water partition coefficient (Wildman–Crippen LogP) is 3.17. The van der Waals surface area contributed by atoms with Crippen LogP contribution in [0.3, 0.4) is 0 Å². The first-order valence-corrected chi connectivity index (χ1v) is 7.64. The lowest BCUT2D eigenvalue weighted by Crippen LogP contribution is -2.37. The molecular weight excluding hydrogens is 248 g/mol. The summed E-state index contributed by atoms with van der Waals surface area (Å²) in [6.45, 7) is 2.76. The van der Waals surface area contributed by atoms with Crippen LogP contribution in [0, 0.1) is 16.7 Å². The van der Waals surface area contributed by atoms with Gasteiger partial charge in [0.15, 0.2) is 0 Å². The summed E-state index contributed by atoms with van der Waals surface area (Å²) in [5.41, 5.74) is 2.17. The number of hydrogen-bond donors (Lipinski definition) is 1. The van der Waals surface area contributed by atoms with Crippen LogP contribution in [0.5, 0.6) is 0 Å². The van der Waals surface area contributed by atoms with Gasteiger partial charge in [0.1, 0.15) is 0 Å². The molecule has 2 fully saturated rings. The summed E-state index contributed by atoms with van der Waals surface area (Å²) < 4.78 is 6.21. The van der Waals surface area contributed by atoms with E-state index < -0.39 is 0 Å². The number of rotatable bonds is 1. The highest BCUT2D eigenvalue weighted by Crippen LogP contribution is 2.38. The first kappa shape index (κ1) is 13.6. The summed E-state index contributed by atoms with van der Waals surface area (Å²) in [6.07, 6.45) is 6.68. The van der Waals surface area contributed by atoms with Crippen molar-refractivity contribution in [2.24, 2.45) is 5.41 Å². The minimum absolute atomic E-state index is 0.0737. The molecule has 1 heterocycles. The molecule has 1 spiro atoms. The second kappa shape index (κ2) is 5.95. The molecule has 0 radical (unpaired) electrons. The van der Waals surface area contributed by atoms with Crippen LogP contribution in [0.2, 0.25) is 0 Å². The molecule has 2 aliphatic rings. The monoisotopic (exact) mass is 270 g/mol. The van der Waals surface area contributed by atoms with Gasteiger partial charge < -0.3 is 10.1 Å². The van der Waals surface area contributed by atoms with Gasteiger partial charge in [-0.05, 0) is 30.5 Å². The van der Waals surface area contributed by atoms with Gasteiger partial charge in [0.25, 0.3) is 0 Å². The van der Waals surface area contributed by atoms with E-state index in [1.54, 1.807) is 0 Å². The van der Waals surface area contributed by atoms with Crippen molar-refractivity contribution in [3.05, 3.63) is 35.4 Å². The Balaban J connectivity index is 1.72. The molecule has 1 aliphatic carbocycles. The molecule has 0 amide bonds. The van der Waals surface area contributed by atoms with Gasteiger partial charge in [-0.25, -0.2) is 0 Å². The normalized spacial score (nSPS) is 25.9. The Morgan fingerprint density at radius 2 is 2.10 bits per heavy atom. The fourth-order valence-corrected chi connectivity index (χ4v) is 3.50. The van der Waals surface area contributed by atoms with Gasteiger partial charge in [-0.15, -0.1) is 0 Å². The van der Waals surface area contributed by atoms with Crippen molar-refractivity contribution in [2.75, 3.05) is 19.7 Å². The number of nitrogens with zero attached hydrogens (tertiary/aromatic N) is 1. The average molecular weight is 270 g/mol. The lowest BCUT2D eigenvalue weighted by molar-refractivity contribution is -0.00141. The predicted molar refractivity (Wildman–Crippen MR) is 78.2 cm³/mol. The molecule has 1 N–H and O–H groups in total. The van der Waals surface area contributed by atoms with Crippen molar-refractivity contribution < 1.29 is 4.74 Å². The maximum Gasteiger partial charge on any atom is 0.0991 e. The molecule has 0 bridgehead atoms. The van der Waals surface area contributed by atoms with Crippen molar-refractivity contribution in [2.45, 2.75) is 38.2 Å². The summed E-state index contributed by atoms with van der Waals surface area (Å²) in [6, 6.07) is 10.0. The zero-order valence-electron chi connectivity index (χ0n) is 11.9. The molecule has 1 saturated heterocycles. The molecule has 1 aromatic carbocycles. The van der Waals surface area contributed by atoms with E-state index >= 15 is 0 Å². The highest BCUT2D eigenvalue weighted by atomic mass is 16.5. The molecule has 3 nitrogen and oxygen atoms in total. The van der Waals surface area contributed by atoms with Gasteiger partial charge in [0, 0.05) is 18.5 Å². The minimum atomic E-state index is 0.0737. The van der Waals surface area contributed by atoms with Crippen molar-refractivity contribution in [3.8, 4) is 6.07 Å². The zero-order valence-corrected chi connectivity index (χ0v) is 11.9. The molecule has 0 aromatic heterocycles. The van der Waals surface area contributed by atoms with Gasteiger partial charge in [0.05, 0.1) is 24.3 Å². The van der Waals surface area contributed by atoms with Gasteiger partial charge in [0.2, 0.25) is 0 Å². The van der Waals surface area contributed by atoms with Crippen LogP contribution in [-0.2, 0) is 4.74 Å². The number of nitrogens with one attached hydrogen (secondary N) is 1. The zero-order chi connectivity index (χ0) is 13.8. The van der Waals surface area contributed by atoms with E-state index in [0.717, 1.165) is 25.3 Å². The number of nitriles is 1. The summed E-state index contributed by atoms with van der Waals surface area (Å²) in [5, 5.41) is 12.6. The standard InChI is InChI=1S/C17H22N2O/c18-10-14-5-4-6-15(9-14)16-11-19-12-17(13-20-16)7-2-1-3-8-17/h4-6,9,16,19H,1-3,7-8,11-13H2. The highest BCUT2D eigenvalue weighted by molar-refractivity contribution is 5.34. The Morgan fingerprint density at radius 1 is 1.25 bits per heavy atom. The molecule has 1 aliphatic heterocycles. The summed E-state index contributed by atoms with van der Waals surface area (Å²) in [7, 11) is 0. The van der Waals surface area contributed by atoms with Crippen LogP contribution in [-0.4, -0.2) is 19.7 Å². The maximum absolute atomic E-state index is 9.01. The lowest BCUT2D eigenvalue weighted by Gasteiger charge is -2.35. The van der Waals surface area contributed by atoms with E-state index in [-0.39, 0.29) is 6.10 Å². The first-order chi connectivity index (χ1) is 9.81. The molecule has 3 heteroatoms. The van der Waals surface area contributed by atoms with Gasteiger partial charge in [-0.3, -0.25) is 0 Å². The average Bonchev–Trinajstić information content (AvgIpc) is 2.71. The Morgan fingerprint density at radius 3 is 2.90 bits per heavy atom. The van der Waals surface area contributed by atoms with Crippen LogP contribution in [0.1, 0.15) is 49.3 Å². The quantitative estimate of drug-likeness (QED) is 0.852. The highest BCUT2D eigenvalue weighted by Gasteiger charge is 2.35. The van der Waals surface area contributed by atoms with E-state index in [0.29, 0.717) is 11.0 Å². The van der Waals surface area contributed by atoms with Crippen LogP contribution in [0.25, 0.3) is 0 Å². The first-order valence-electron chi connectivity index (χ1n) is 7.64. The number of benzene rings is 1.